The molecule has 0 radical (unpaired) electrons. The maximum atomic E-state index is 11.5. The van der Waals surface area contributed by atoms with Gasteiger partial charge in [-0.05, 0) is 31.7 Å². The monoisotopic (exact) mass is 333 g/mol. The maximum absolute atomic E-state index is 11.5. The zero-order chi connectivity index (χ0) is 16.9. The molecule has 2 aliphatic rings. The van der Waals surface area contributed by atoms with Crippen LogP contribution in [0.1, 0.15) is 50.1 Å². The fraction of sp³-hybridized carbons (Fsp3) is 0.778. The van der Waals surface area contributed by atoms with Gasteiger partial charge < -0.3 is 10.6 Å². The molecule has 3 rings (SSSR count). The van der Waals surface area contributed by atoms with Crippen LogP contribution in [-0.4, -0.2) is 59.4 Å². The van der Waals surface area contributed by atoms with Crippen LogP contribution in [0.3, 0.4) is 0 Å². The third-order valence-electron chi connectivity index (χ3n) is 5.69. The van der Waals surface area contributed by atoms with Crippen LogP contribution in [0.25, 0.3) is 0 Å². The normalized spacial score (nSPS) is 26.4. The minimum atomic E-state index is 0.116. The molecule has 1 aliphatic heterocycles. The van der Waals surface area contributed by atoms with Crippen molar-refractivity contribution in [3.8, 4) is 0 Å². The van der Waals surface area contributed by atoms with E-state index in [0.29, 0.717) is 24.5 Å². The Balaban J connectivity index is 1.53. The highest BCUT2D eigenvalue weighted by Crippen LogP contribution is 2.33. The maximum Gasteiger partial charge on any atom is 0.233 e. The number of likely N-dealkylation sites (tertiary alicyclic amines) is 1. The molecule has 0 aromatic carbocycles. The number of rotatable bonds is 5. The summed E-state index contributed by atoms with van der Waals surface area (Å²) in [6.45, 7) is 2.55. The Morgan fingerprint density at radius 3 is 2.67 bits per heavy atom. The molecule has 0 bridgehead atoms. The van der Waals surface area contributed by atoms with Crippen molar-refractivity contribution in [1.29, 1.82) is 0 Å². The summed E-state index contributed by atoms with van der Waals surface area (Å²) in [6, 6.07) is 3.31. The number of amides is 1. The number of aromatic nitrogens is 2. The van der Waals surface area contributed by atoms with E-state index < -0.39 is 0 Å². The van der Waals surface area contributed by atoms with Crippen LogP contribution in [0.2, 0.25) is 0 Å². The Morgan fingerprint density at radius 1 is 1.25 bits per heavy atom. The Labute approximate surface area is 145 Å². The van der Waals surface area contributed by atoms with Crippen molar-refractivity contribution >= 4 is 5.91 Å². The second-order valence-electron chi connectivity index (χ2n) is 7.27. The molecule has 2 heterocycles. The molecule has 1 amide bonds. The molecule has 1 saturated carbocycles. The predicted molar refractivity (Wildman–Crippen MR) is 94.9 cm³/mol. The van der Waals surface area contributed by atoms with E-state index in [1.807, 2.05) is 10.9 Å². The molecule has 1 aromatic rings. The summed E-state index contributed by atoms with van der Waals surface area (Å²) in [5, 5.41) is 11.0. The number of hydrogen-bond donors (Lipinski definition) is 2. The van der Waals surface area contributed by atoms with Crippen LogP contribution in [0, 0.1) is 0 Å². The quantitative estimate of drug-likeness (QED) is 0.851. The Morgan fingerprint density at radius 2 is 2.00 bits per heavy atom. The molecular formula is C18H31N5O. The topological polar surface area (TPSA) is 62.2 Å². The van der Waals surface area contributed by atoms with Crippen LogP contribution < -0.4 is 10.6 Å². The van der Waals surface area contributed by atoms with E-state index in [-0.39, 0.29) is 5.91 Å². The van der Waals surface area contributed by atoms with Gasteiger partial charge in [-0.3, -0.25) is 14.4 Å². The number of hydrogen-bond acceptors (Lipinski definition) is 4. The molecule has 2 N–H and O–H groups in total. The number of likely N-dealkylation sites (N-methyl/N-ethyl adjacent to an activating group) is 1. The van der Waals surface area contributed by atoms with Crippen LogP contribution in [0.5, 0.6) is 0 Å². The van der Waals surface area contributed by atoms with Gasteiger partial charge in [-0.1, -0.05) is 12.8 Å². The van der Waals surface area contributed by atoms with Gasteiger partial charge in [0.25, 0.3) is 0 Å². The first-order valence-corrected chi connectivity index (χ1v) is 9.34. The Bertz CT molecular complexity index is 535. The van der Waals surface area contributed by atoms with Crippen molar-refractivity contribution < 1.29 is 4.79 Å². The summed E-state index contributed by atoms with van der Waals surface area (Å²) in [5.74, 6) is 0.695. The van der Waals surface area contributed by atoms with E-state index in [2.05, 4.69) is 33.7 Å². The second kappa shape index (κ2) is 8.12. The first-order chi connectivity index (χ1) is 11.7. The lowest BCUT2D eigenvalue weighted by molar-refractivity contribution is -0.122. The highest BCUT2D eigenvalue weighted by molar-refractivity contribution is 5.77. The highest BCUT2D eigenvalue weighted by Gasteiger charge is 2.31. The van der Waals surface area contributed by atoms with Gasteiger partial charge in [0.1, 0.15) is 0 Å². The molecule has 2 unspecified atom stereocenters. The van der Waals surface area contributed by atoms with Gasteiger partial charge in [0.2, 0.25) is 5.91 Å². The first-order valence-electron chi connectivity index (χ1n) is 9.34. The zero-order valence-corrected chi connectivity index (χ0v) is 15.0. The molecule has 1 aliphatic carbocycles. The molecule has 1 aromatic heterocycles. The van der Waals surface area contributed by atoms with Crippen LogP contribution in [0.15, 0.2) is 12.3 Å². The molecule has 24 heavy (non-hydrogen) atoms. The molecule has 0 spiro atoms. The number of carbonyl (C=O) groups is 1. The van der Waals surface area contributed by atoms with Crippen molar-refractivity contribution in [1.82, 2.24) is 25.3 Å². The molecule has 2 fully saturated rings. The van der Waals surface area contributed by atoms with Gasteiger partial charge in [0, 0.05) is 57.1 Å². The summed E-state index contributed by atoms with van der Waals surface area (Å²) in [7, 11) is 3.76. The Hall–Kier alpha value is -1.40. The summed E-state index contributed by atoms with van der Waals surface area (Å²) >= 11 is 0. The molecule has 6 heteroatoms. The molecule has 6 nitrogen and oxygen atoms in total. The van der Waals surface area contributed by atoms with Gasteiger partial charge in [0.15, 0.2) is 0 Å². The van der Waals surface area contributed by atoms with Gasteiger partial charge in [-0.2, -0.15) is 5.10 Å². The molecule has 134 valence electrons. The van der Waals surface area contributed by atoms with Gasteiger partial charge in [-0.15, -0.1) is 0 Å². The van der Waals surface area contributed by atoms with E-state index in [1.54, 1.807) is 7.05 Å². The van der Waals surface area contributed by atoms with E-state index in [4.69, 9.17) is 0 Å². The fourth-order valence-electron chi connectivity index (χ4n) is 4.27. The van der Waals surface area contributed by atoms with Crippen molar-refractivity contribution in [2.45, 2.75) is 56.5 Å². The SMILES string of the molecule is CNC(=O)CN1CCC(NC2CCCCC2c2ccnn2C)CC1. The standard InChI is InChI=1S/C18H31N5O/c1-19-18(24)13-23-11-8-14(9-12-23)21-16-6-4-3-5-15(16)17-7-10-20-22(17)2/h7,10,14-16,21H,3-6,8-9,11-13H2,1-2H3,(H,19,24). The predicted octanol–water partition coefficient (Wildman–Crippen LogP) is 1.25. The lowest BCUT2D eigenvalue weighted by Gasteiger charge is -2.38. The zero-order valence-electron chi connectivity index (χ0n) is 15.0. The number of carbonyl (C=O) groups excluding carboxylic acids is 1. The average molecular weight is 333 g/mol. The van der Waals surface area contributed by atoms with Crippen molar-refractivity contribution in [3.05, 3.63) is 18.0 Å². The van der Waals surface area contributed by atoms with Gasteiger partial charge in [-0.25, -0.2) is 0 Å². The number of nitrogens with zero attached hydrogens (tertiary/aromatic N) is 3. The minimum Gasteiger partial charge on any atom is -0.358 e. The van der Waals surface area contributed by atoms with E-state index >= 15 is 0 Å². The summed E-state index contributed by atoms with van der Waals surface area (Å²) in [4.78, 5) is 13.8. The largest absolute Gasteiger partial charge is 0.358 e. The van der Waals surface area contributed by atoms with Gasteiger partial charge >= 0.3 is 0 Å². The van der Waals surface area contributed by atoms with Crippen LogP contribution in [-0.2, 0) is 11.8 Å². The number of piperidine rings is 1. The van der Waals surface area contributed by atoms with Crippen molar-refractivity contribution in [2.75, 3.05) is 26.7 Å². The van der Waals surface area contributed by atoms with Crippen molar-refractivity contribution in [2.24, 2.45) is 7.05 Å². The van der Waals surface area contributed by atoms with E-state index in [1.165, 1.54) is 31.4 Å². The third kappa shape index (κ3) is 4.16. The van der Waals surface area contributed by atoms with Gasteiger partial charge in [0.05, 0.1) is 6.54 Å². The lowest BCUT2D eigenvalue weighted by Crippen LogP contribution is -2.50. The minimum absolute atomic E-state index is 0.116. The molecule has 1 saturated heterocycles. The average Bonchev–Trinajstić information content (AvgIpc) is 3.03. The Kier molecular flexibility index (Phi) is 5.89. The van der Waals surface area contributed by atoms with Crippen molar-refractivity contribution in [3.63, 3.8) is 0 Å². The summed E-state index contributed by atoms with van der Waals surface area (Å²) in [6.07, 6.45) is 9.33. The summed E-state index contributed by atoms with van der Waals surface area (Å²) < 4.78 is 2.04. The molecule has 2 atom stereocenters. The fourth-order valence-corrected chi connectivity index (χ4v) is 4.27. The smallest absolute Gasteiger partial charge is 0.233 e. The highest BCUT2D eigenvalue weighted by atomic mass is 16.1. The number of nitrogens with one attached hydrogen (secondary N) is 2. The van der Waals surface area contributed by atoms with Crippen LogP contribution in [0.4, 0.5) is 0 Å². The third-order valence-corrected chi connectivity index (χ3v) is 5.69. The number of aryl methyl sites for hydroxylation is 1. The second-order valence-corrected chi connectivity index (χ2v) is 7.27. The molecular weight excluding hydrogens is 302 g/mol. The van der Waals surface area contributed by atoms with Crippen LogP contribution >= 0.6 is 0 Å². The lowest BCUT2D eigenvalue weighted by atomic mass is 9.81. The van der Waals surface area contributed by atoms with E-state index in [9.17, 15) is 4.79 Å². The van der Waals surface area contributed by atoms with E-state index in [0.717, 1.165) is 25.9 Å². The summed E-state index contributed by atoms with van der Waals surface area (Å²) in [5.41, 5.74) is 1.37. The first kappa shape index (κ1) is 17.4.